The monoisotopic (exact) mass is 463 g/mol. The number of H-pyrrole nitrogens is 1. The first-order chi connectivity index (χ1) is 14.4. The molecule has 2 N–H and O–H groups in total. The molecule has 0 saturated carbocycles. The second-order valence-electron chi connectivity index (χ2n) is 6.38. The van der Waals surface area contributed by atoms with Crippen LogP contribution in [-0.4, -0.2) is 25.9 Å². The topological polar surface area (TPSA) is 75.6 Å². The molecule has 0 saturated heterocycles. The SMILES string of the molecule is O=C(Nc1ccn(Cc2ccc(F)cc2Cl)n1)c1cc(-c2ccc(Cl)c(Cl)c2)n[nH]1. The van der Waals surface area contributed by atoms with Crippen LogP contribution in [0.1, 0.15) is 16.1 Å². The van der Waals surface area contributed by atoms with Crippen molar-refractivity contribution in [1.29, 1.82) is 0 Å². The third-order valence-corrected chi connectivity index (χ3v) is 5.36. The minimum atomic E-state index is -0.406. The Labute approximate surface area is 185 Å². The Bertz CT molecular complexity index is 1240. The first-order valence-electron chi connectivity index (χ1n) is 8.68. The largest absolute Gasteiger partial charge is 0.304 e. The molecule has 152 valence electrons. The van der Waals surface area contributed by atoms with E-state index >= 15 is 0 Å². The molecule has 0 radical (unpaired) electrons. The second-order valence-corrected chi connectivity index (χ2v) is 7.61. The van der Waals surface area contributed by atoms with Crippen LogP contribution < -0.4 is 5.32 Å². The van der Waals surface area contributed by atoms with E-state index in [1.54, 1.807) is 47.3 Å². The summed E-state index contributed by atoms with van der Waals surface area (Å²) in [4.78, 5) is 12.5. The Morgan fingerprint density at radius 2 is 1.87 bits per heavy atom. The van der Waals surface area contributed by atoms with Gasteiger partial charge in [0.1, 0.15) is 11.5 Å². The fraction of sp³-hybridized carbons (Fsp3) is 0.0500. The highest BCUT2D eigenvalue weighted by atomic mass is 35.5. The zero-order valence-corrected chi connectivity index (χ0v) is 17.4. The number of aromatic nitrogens is 4. The van der Waals surface area contributed by atoms with Crippen LogP contribution in [0.25, 0.3) is 11.3 Å². The average molecular weight is 465 g/mol. The number of hydrogen-bond acceptors (Lipinski definition) is 3. The third-order valence-electron chi connectivity index (χ3n) is 4.27. The molecule has 0 aliphatic rings. The molecule has 0 aliphatic heterocycles. The lowest BCUT2D eigenvalue weighted by molar-refractivity contribution is 0.102. The van der Waals surface area contributed by atoms with E-state index in [2.05, 4.69) is 20.6 Å². The molecule has 2 aromatic heterocycles. The second kappa shape index (κ2) is 8.47. The summed E-state index contributed by atoms with van der Waals surface area (Å²) in [5, 5.41) is 15.0. The number of carbonyl (C=O) groups excluding carboxylic acids is 1. The molecule has 4 aromatic rings. The summed E-state index contributed by atoms with van der Waals surface area (Å²) in [6.07, 6.45) is 1.68. The summed E-state index contributed by atoms with van der Waals surface area (Å²) in [5.41, 5.74) is 2.24. The van der Waals surface area contributed by atoms with E-state index in [-0.39, 0.29) is 5.69 Å². The standard InChI is InChI=1S/C20H13Cl3FN5O/c21-14-4-2-11(7-16(14)23)17-9-18(27-26-17)20(30)25-19-5-6-29(28-19)10-12-1-3-13(24)8-15(12)22/h1-9H,10H2,(H,26,27)(H,25,28,30). The molecule has 0 unspecified atom stereocenters. The van der Waals surface area contributed by atoms with Gasteiger partial charge in [0.2, 0.25) is 0 Å². The van der Waals surface area contributed by atoms with E-state index in [1.165, 1.54) is 12.1 Å². The van der Waals surface area contributed by atoms with Crippen molar-refractivity contribution in [3.05, 3.63) is 86.9 Å². The molecule has 2 heterocycles. The van der Waals surface area contributed by atoms with Crippen molar-refractivity contribution in [3.63, 3.8) is 0 Å². The molecule has 10 heteroatoms. The van der Waals surface area contributed by atoms with Gasteiger partial charge in [-0.2, -0.15) is 10.2 Å². The first-order valence-corrected chi connectivity index (χ1v) is 9.82. The highest BCUT2D eigenvalue weighted by Gasteiger charge is 2.14. The zero-order valence-electron chi connectivity index (χ0n) is 15.2. The van der Waals surface area contributed by atoms with Crippen LogP contribution in [0.5, 0.6) is 0 Å². The minimum absolute atomic E-state index is 0.257. The Hall–Kier alpha value is -2.87. The van der Waals surface area contributed by atoms with Crippen LogP contribution in [0.3, 0.4) is 0 Å². The summed E-state index contributed by atoms with van der Waals surface area (Å²) in [6.45, 7) is 0.334. The fourth-order valence-corrected chi connectivity index (χ4v) is 3.29. The van der Waals surface area contributed by atoms with Gasteiger partial charge in [-0.15, -0.1) is 0 Å². The molecular formula is C20H13Cl3FN5O. The van der Waals surface area contributed by atoms with Crippen LogP contribution in [-0.2, 0) is 6.54 Å². The van der Waals surface area contributed by atoms with Crippen LogP contribution >= 0.6 is 34.8 Å². The molecule has 30 heavy (non-hydrogen) atoms. The molecule has 0 bridgehead atoms. The van der Waals surface area contributed by atoms with Gasteiger partial charge in [-0.25, -0.2) is 4.39 Å². The number of nitrogens with zero attached hydrogens (tertiary/aromatic N) is 3. The van der Waals surface area contributed by atoms with Crippen LogP contribution in [0.4, 0.5) is 10.2 Å². The molecule has 2 aromatic carbocycles. The molecule has 0 aliphatic carbocycles. The van der Waals surface area contributed by atoms with E-state index < -0.39 is 11.7 Å². The van der Waals surface area contributed by atoms with Gasteiger partial charge in [0.05, 0.1) is 22.3 Å². The van der Waals surface area contributed by atoms with Gasteiger partial charge in [0.15, 0.2) is 5.82 Å². The van der Waals surface area contributed by atoms with E-state index in [1.807, 2.05) is 0 Å². The molecule has 0 atom stereocenters. The molecular weight excluding hydrogens is 452 g/mol. The van der Waals surface area contributed by atoms with Gasteiger partial charge in [-0.1, -0.05) is 46.9 Å². The smallest absolute Gasteiger partial charge is 0.274 e. The fourth-order valence-electron chi connectivity index (χ4n) is 2.77. The average Bonchev–Trinajstić information content (AvgIpc) is 3.36. The van der Waals surface area contributed by atoms with Crippen LogP contribution in [0.2, 0.25) is 15.1 Å². The van der Waals surface area contributed by atoms with Gasteiger partial charge in [0.25, 0.3) is 5.91 Å². The van der Waals surface area contributed by atoms with Crippen molar-refractivity contribution >= 4 is 46.5 Å². The highest BCUT2D eigenvalue weighted by molar-refractivity contribution is 6.42. The first kappa shape index (κ1) is 20.4. The van der Waals surface area contributed by atoms with Crippen molar-refractivity contribution in [3.8, 4) is 11.3 Å². The maximum atomic E-state index is 13.2. The van der Waals surface area contributed by atoms with Crippen molar-refractivity contribution in [1.82, 2.24) is 20.0 Å². The molecule has 4 rings (SSSR count). The lowest BCUT2D eigenvalue weighted by atomic mass is 10.1. The summed E-state index contributed by atoms with van der Waals surface area (Å²) < 4.78 is 14.8. The Morgan fingerprint density at radius 1 is 1.03 bits per heavy atom. The minimum Gasteiger partial charge on any atom is -0.304 e. The van der Waals surface area contributed by atoms with E-state index in [0.29, 0.717) is 38.7 Å². The van der Waals surface area contributed by atoms with Gasteiger partial charge in [0, 0.05) is 22.8 Å². The van der Waals surface area contributed by atoms with Crippen molar-refractivity contribution in [2.24, 2.45) is 0 Å². The highest BCUT2D eigenvalue weighted by Crippen LogP contribution is 2.28. The quantitative estimate of drug-likeness (QED) is 0.399. The number of carbonyl (C=O) groups is 1. The molecule has 6 nitrogen and oxygen atoms in total. The predicted octanol–water partition coefficient (Wildman–Crippen LogP) is 5.67. The zero-order chi connectivity index (χ0) is 21.3. The number of nitrogens with one attached hydrogen (secondary N) is 2. The number of benzene rings is 2. The summed E-state index contributed by atoms with van der Waals surface area (Å²) in [7, 11) is 0. The van der Waals surface area contributed by atoms with Gasteiger partial charge in [-0.05, 0) is 35.9 Å². The number of amides is 1. The Kier molecular flexibility index (Phi) is 5.76. The molecule has 1 amide bonds. The Balaban J connectivity index is 1.44. The number of anilines is 1. The van der Waals surface area contributed by atoms with Crippen LogP contribution in [0.15, 0.2) is 54.7 Å². The lowest BCUT2D eigenvalue weighted by Crippen LogP contribution is -2.13. The molecule has 0 spiro atoms. The van der Waals surface area contributed by atoms with Gasteiger partial charge >= 0.3 is 0 Å². The van der Waals surface area contributed by atoms with Crippen molar-refractivity contribution in [2.45, 2.75) is 6.54 Å². The number of halogens is 4. The van der Waals surface area contributed by atoms with E-state index in [9.17, 15) is 9.18 Å². The maximum Gasteiger partial charge on any atom is 0.274 e. The van der Waals surface area contributed by atoms with Gasteiger partial charge < -0.3 is 5.32 Å². The van der Waals surface area contributed by atoms with E-state index in [0.717, 1.165) is 5.56 Å². The Morgan fingerprint density at radius 3 is 2.63 bits per heavy atom. The maximum absolute atomic E-state index is 13.2. The predicted molar refractivity (Wildman–Crippen MR) is 115 cm³/mol. The lowest BCUT2D eigenvalue weighted by Gasteiger charge is -2.05. The van der Waals surface area contributed by atoms with E-state index in [4.69, 9.17) is 34.8 Å². The van der Waals surface area contributed by atoms with Crippen molar-refractivity contribution in [2.75, 3.05) is 5.32 Å². The van der Waals surface area contributed by atoms with Crippen molar-refractivity contribution < 1.29 is 9.18 Å². The number of rotatable bonds is 5. The summed E-state index contributed by atoms with van der Waals surface area (Å²) >= 11 is 18.0. The number of aromatic amines is 1. The third kappa shape index (κ3) is 4.48. The number of hydrogen-bond donors (Lipinski definition) is 2. The normalized spacial score (nSPS) is 10.9. The molecule has 0 fully saturated rings. The summed E-state index contributed by atoms with van der Waals surface area (Å²) in [6, 6.07) is 12.5. The summed E-state index contributed by atoms with van der Waals surface area (Å²) in [5.74, 6) is -0.459. The van der Waals surface area contributed by atoms with Gasteiger partial charge in [-0.3, -0.25) is 14.6 Å². The van der Waals surface area contributed by atoms with Crippen LogP contribution in [0, 0.1) is 5.82 Å².